The third-order valence-electron chi connectivity index (χ3n) is 4.62. The van der Waals surface area contributed by atoms with Gasteiger partial charge in [-0.05, 0) is 36.5 Å². The Morgan fingerprint density at radius 2 is 2.35 bits per heavy atom. The average molecular weight is 312 g/mol. The second kappa shape index (κ2) is 6.02. The molecular formula is C17H20N4O2. The van der Waals surface area contributed by atoms with Crippen LogP contribution in [0.1, 0.15) is 29.8 Å². The van der Waals surface area contributed by atoms with E-state index in [1.54, 1.807) is 6.33 Å². The smallest absolute Gasteiger partial charge is 0.225 e. The summed E-state index contributed by atoms with van der Waals surface area (Å²) in [6.45, 7) is 1.99. The van der Waals surface area contributed by atoms with Gasteiger partial charge in [0.25, 0.3) is 0 Å². The lowest BCUT2D eigenvalue weighted by molar-refractivity contribution is -0.126. The van der Waals surface area contributed by atoms with Crippen molar-refractivity contribution in [1.29, 1.82) is 0 Å². The maximum absolute atomic E-state index is 12.4. The minimum Gasteiger partial charge on any atom is -0.493 e. The normalized spacial score (nSPS) is 19.4. The molecule has 4 rings (SSSR count). The molecule has 0 saturated heterocycles. The Morgan fingerprint density at radius 3 is 3.30 bits per heavy atom. The molecule has 2 aliphatic heterocycles. The molecule has 1 aromatic carbocycles. The van der Waals surface area contributed by atoms with E-state index in [0.717, 1.165) is 49.4 Å². The van der Waals surface area contributed by atoms with E-state index in [1.807, 2.05) is 16.8 Å². The number of hydrogen-bond donors (Lipinski definition) is 1. The zero-order valence-corrected chi connectivity index (χ0v) is 13.0. The van der Waals surface area contributed by atoms with Crippen LogP contribution in [0.15, 0.2) is 24.5 Å². The molecule has 2 aromatic rings. The van der Waals surface area contributed by atoms with Crippen LogP contribution in [0.25, 0.3) is 0 Å². The maximum Gasteiger partial charge on any atom is 0.225 e. The Morgan fingerprint density at radius 1 is 1.39 bits per heavy atom. The van der Waals surface area contributed by atoms with Crippen LogP contribution in [0.3, 0.4) is 0 Å². The van der Waals surface area contributed by atoms with Crippen molar-refractivity contribution in [2.24, 2.45) is 5.92 Å². The number of benzene rings is 1. The number of rotatable bonds is 3. The van der Waals surface area contributed by atoms with Crippen molar-refractivity contribution < 1.29 is 9.53 Å². The van der Waals surface area contributed by atoms with E-state index >= 15 is 0 Å². The number of ether oxygens (including phenoxy) is 1. The molecule has 1 aromatic heterocycles. The minimum atomic E-state index is -0.0230. The van der Waals surface area contributed by atoms with E-state index < -0.39 is 0 Å². The molecule has 1 N–H and O–H groups in total. The van der Waals surface area contributed by atoms with E-state index in [-0.39, 0.29) is 11.8 Å². The van der Waals surface area contributed by atoms with Gasteiger partial charge in [-0.2, -0.15) is 5.10 Å². The van der Waals surface area contributed by atoms with Gasteiger partial charge >= 0.3 is 0 Å². The second-order valence-corrected chi connectivity index (χ2v) is 6.21. The van der Waals surface area contributed by atoms with Crippen molar-refractivity contribution in [1.82, 2.24) is 20.1 Å². The molecule has 0 saturated carbocycles. The van der Waals surface area contributed by atoms with Crippen LogP contribution < -0.4 is 10.1 Å². The molecule has 3 heterocycles. The lowest BCUT2D eigenvalue weighted by Crippen LogP contribution is -2.36. The van der Waals surface area contributed by atoms with Crippen molar-refractivity contribution in [2.75, 3.05) is 6.61 Å². The molecule has 23 heavy (non-hydrogen) atoms. The predicted octanol–water partition coefficient (Wildman–Crippen LogP) is 1.48. The van der Waals surface area contributed by atoms with Crippen molar-refractivity contribution >= 4 is 5.91 Å². The van der Waals surface area contributed by atoms with E-state index in [1.165, 1.54) is 5.56 Å². The van der Waals surface area contributed by atoms with Gasteiger partial charge in [-0.1, -0.05) is 12.1 Å². The molecule has 0 fully saturated rings. The van der Waals surface area contributed by atoms with Gasteiger partial charge in [0.1, 0.15) is 17.9 Å². The van der Waals surface area contributed by atoms with Crippen LogP contribution in [-0.4, -0.2) is 27.3 Å². The number of carbonyl (C=O) groups excluding carboxylic acids is 1. The van der Waals surface area contributed by atoms with Crippen molar-refractivity contribution in [3.05, 3.63) is 41.5 Å². The molecule has 0 spiro atoms. The Kier molecular flexibility index (Phi) is 3.73. The molecule has 6 nitrogen and oxygen atoms in total. The summed E-state index contributed by atoms with van der Waals surface area (Å²) in [5.74, 6) is 2.03. The summed E-state index contributed by atoms with van der Waals surface area (Å²) in [6.07, 6.45) is 5.32. The SMILES string of the molecule is O=C(NCc1ccc2c(c1)CCCO2)C1CCc2ncnn2C1. The molecule has 2 aliphatic rings. The number of carbonyl (C=O) groups is 1. The third kappa shape index (κ3) is 2.93. The van der Waals surface area contributed by atoms with Gasteiger partial charge in [0.2, 0.25) is 5.91 Å². The highest BCUT2D eigenvalue weighted by atomic mass is 16.5. The van der Waals surface area contributed by atoms with E-state index in [0.29, 0.717) is 13.1 Å². The molecule has 1 amide bonds. The topological polar surface area (TPSA) is 69.0 Å². The van der Waals surface area contributed by atoms with Gasteiger partial charge < -0.3 is 10.1 Å². The Hall–Kier alpha value is -2.37. The lowest BCUT2D eigenvalue weighted by atomic mass is 9.98. The first-order chi connectivity index (χ1) is 11.3. The van der Waals surface area contributed by atoms with Crippen molar-refractivity contribution in [2.45, 2.75) is 38.8 Å². The summed E-state index contributed by atoms with van der Waals surface area (Å²) in [5.41, 5.74) is 2.37. The van der Waals surface area contributed by atoms with Crippen molar-refractivity contribution in [3.63, 3.8) is 0 Å². The number of aryl methyl sites for hydroxylation is 2. The van der Waals surface area contributed by atoms with E-state index in [4.69, 9.17) is 4.74 Å². The Labute approximate surface area is 134 Å². The Balaban J connectivity index is 1.37. The zero-order chi connectivity index (χ0) is 15.6. The predicted molar refractivity (Wildman–Crippen MR) is 83.9 cm³/mol. The summed E-state index contributed by atoms with van der Waals surface area (Å²) in [5, 5.41) is 7.22. The largest absolute Gasteiger partial charge is 0.493 e. The van der Waals surface area contributed by atoms with Crippen LogP contribution in [0.5, 0.6) is 5.75 Å². The highest BCUT2D eigenvalue weighted by Gasteiger charge is 2.25. The van der Waals surface area contributed by atoms with Gasteiger partial charge in [-0.15, -0.1) is 0 Å². The first-order valence-electron chi connectivity index (χ1n) is 8.18. The fraction of sp³-hybridized carbons (Fsp3) is 0.471. The number of amides is 1. The summed E-state index contributed by atoms with van der Waals surface area (Å²) >= 11 is 0. The van der Waals surface area contributed by atoms with E-state index in [2.05, 4.69) is 21.5 Å². The summed E-state index contributed by atoms with van der Waals surface area (Å²) in [4.78, 5) is 16.6. The number of nitrogens with one attached hydrogen (secondary N) is 1. The first kappa shape index (κ1) is 14.2. The number of hydrogen-bond acceptors (Lipinski definition) is 4. The maximum atomic E-state index is 12.4. The highest BCUT2D eigenvalue weighted by molar-refractivity contribution is 5.78. The van der Waals surface area contributed by atoms with Crippen LogP contribution in [0, 0.1) is 5.92 Å². The molecule has 6 heteroatoms. The summed E-state index contributed by atoms with van der Waals surface area (Å²) < 4.78 is 7.46. The molecule has 120 valence electrons. The molecule has 0 aliphatic carbocycles. The molecule has 1 unspecified atom stereocenters. The van der Waals surface area contributed by atoms with Gasteiger partial charge in [0.05, 0.1) is 19.1 Å². The van der Waals surface area contributed by atoms with Gasteiger partial charge in [-0.3, -0.25) is 4.79 Å². The zero-order valence-electron chi connectivity index (χ0n) is 13.0. The summed E-state index contributed by atoms with van der Waals surface area (Å²) in [7, 11) is 0. The van der Waals surface area contributed by atoms with Gasteiger partial charge in [-0.25, -0.2) is 9.67 Å². The average Bonchev–Trinajstić information content (AvgIpc) is 3.07. The number of nitrogens with zero attached hydrogens (tertiary/aromatic N) is 3. The quantitative estimate of drug-likeness (QED) is 0.932. The monoisotopic (exact) mass is 312 g/mol. The molecule has 0 radical (unpaired) electrons. The molecular weight excluding hydrogens is 292 g/mol. The standard InChI is InChI=1S/C17H20N4O2/c22-17(14-4-6-16-19-11-20-21(16)10-14)18-9-12-3-5-15-13(8-12)2-1-7-23-15/h3,5,8,11,14H,1-2,4,6-7,9-10H2,(H,18,22). The molecule has 0 bridgehead atoms. The van der Waals surface area contributed by atoms with E-state index in [9.17, 15) is 4.79 Å². The lowest BCUT2D eigenvalue weighted by Gasteiger charge is -2.22. The number of fused-ring (bicyclic) bond motifs is 2. The summed E-state index contributed by atoms with van der Waals surface area (Å²) in [6, 6.07) is 6.18. The fourth-order valence-corrected chi connectivity index (χ4v) is 3.31. The highest BCUT2D eigenvalue weighted by Crippen LogP contribution is 2.25. The fourth-order valence-electron chi connectivity index (χ4n) is 3.31. The second-order valence-electron chi connectivity index (χ2n) is 6.21. The van der Waals surface area contributed by atoms with Gasteiger partial charge in [0.15, 0.2) is 0 Å². The minimum absolute atomic E-state index is 0.0230. The van der Waals surface area contributed by atoms with Crippen LogP contribution in [0.2, 0.25) is 0 Å². The number of aromatic nitrogens is 3. The first-order valence-corrected chi connectivity index (χ1v) is 8.18. The van der Waals surface area contributed by atoms with Crippen molar-refractivity contribution in [3.8, 4) is 5.75 Å². The van der Waals surface area contributed by atoms with Gasteiger partial charge in [0, 0.05) is 13.0 Å². The van der Waals surface area contributed by atoms with Crippen LogP contribution in [0.4, 0.5) is 0 Å². The molecule has 1 atom stereocenters. The Bertz CT molecular complexity index is 725. The van der Waals surface area contributed by atoms with Crippen LogP contribution >= 0.6 is 0 Å². The third-order valence-corrected chi connectivity index (χ3v) is 4.62. The van der Waals surface area contributed by atoms with Crippen LogP contribution in [-0.2, 0) is 30.7 Å².